The highest BCUT2D eigenvalue weighted by molar-refractivity contribution is 7.33. The molecular formula is C41H83O3P. The van der Waals surface area contributed by atoms with Crippen LogP contribution in [0.15, 0.2) is 12.3 Å². The van der Waals surface area contributed by atoms with Gasteiger partial charge in [0.05, 0.1) is 6.26 Å². The minimum atomic E-state index is -2.30. The summed E-state index contributed by atoms with van der Waals surface area (Å²) in [6.07, 6.45) is 56.5. The van der Waals surface area contributed by atoms with Crippen molar-refractivity contribution in [3.8, 4) is 0 Å². The Morgan fingerprint density at radius 1 is 0.378 bits per heavy atom. The molecule has 0 rings (SSSR count). The largest absolute Gasteiger partial charge is 0.435 e. The van der Waals surface area contributed by atoms with Crippen LogP contribution in [0, 0.1) is 0 Å². The summed E-state index contributed by atoms with van der Waals surface area (Å²) in [7, 11) is -0.896. The zero-order chi connectivity index (χ0) is 32.6. The standard InChI is InChI=1S/C41H83O3P/c1-3-4-5-6-7-8-9-10-11-12-13-14-15-16-17-18-19-20-21-22-23-24-25-26-27-28-29-30-31-32-33-34-35-36-37-38-39-40-41-44-45(42)43-2/h40-41,45H,3-39H2,1-2H3/b41-40+. The molecule has 45 heavy (non-hydrogen) atoms. The number of allylic oxidation sites excluding steroid dienone is 1. The zero-order valence-electron chi connectivity index (χ0n) is 31.0. The predicted octanol–water partition coefficient (Wildman–Crippen LogP) is 16.0. The first-order valence-electron chi connectivity index (χ1n) is 20.7. The molecular weight excluding hydrogens is 571 g/mol. The SMILES string of the molecule is CCCCCCCCCCCCCCCCCCCCCCCCCCCCCCCCCCCCCC/C=C/O[PH](=O)OC. The van der Waals surface area contributed by atoms with E-state index in [9.17, 15) is 4.57 Å². The van der Waals surface area contributed by atoms with Crippen molar-refractivity contribution in [3.05, 3.63) is 12.3 Å². The molecule has 270 valence electrons. The van der Waals surface area contributed by atoms with Gasteiger partial charge >= 0.3 is 8.25 Å². The molecule has 0 aliphatic carbocycles. The van der Waals surface area contributed by atoms with Crippen LogP contribution in [0.3, 0.4) is 0 Å². The Morgan fingerprint density at radius 3 is 0.822 bits per heavy atom. The molecule has 0 fully saturated rings. The van der Waals surface area contributed by atoms with Crippen molar-refractivity contribution in [2.75, 3.05) is 7.11 Å². The van der Waals surface area contributed by atoms with E-state index in [0.717, 1.165) is 6.42 Å². The third-order valence-corrected chi connectivity index (χ3v) is 10.3. The molecule has 0 amide bonds. The molecule has 0 radical (unpaired) electrons. The first-order chi connectivity index (χ1) is 22.3. The van der Waals surface area contributed by atoms with Crippen molar-refractivity contribution in [1.29, 1.82) is 0 Å². The minimum Gasteiger partial charge on any atom is -0.435 e. The highest BCUT2D eigenvalue weighted by Crippen LogP contribution is 2.22. The monoisotopic (exact) mass is 655 g/mol. The van der Waals surface area contributed by atoms with Crippen molar-refractivity contribution in [2.24, 2.45) is 0 Å². The van der Waals surface area contributed by atoms with Crippen LogP contribution in [0.2, 0.25) is 0 Å². The van der Waals surface area contributed by atoms with Gasteiger partial charge in [-0.2, -0.15) is 0 Å². The molecule has 4 heteroatoms. The second-order valence-corrected chi connectivity index (χ2v) is 15.3. The van der Waals surface area contributed by atoms with Crippen LogP contribution in [-0.4, -0.2) is 7.11 Å². The molecule has 0 spiro atoms. The smallest absolute Gasteiger partial charge is 0.366 e. The lowest BCUT2D eigenvalue weighted by atomic mass is 10.0. The molecule has 0 N–H and O–H groups in total. The molecule has 0 aromatic heterocycles. The van der Waals surface area contributed by atoms with Crippen LogP contribution < -0.4 is 0 Å². The van der Waals surface area contributed by atoms with Gasteiger partial charge in [-0.1, -0.05) is 232 Å². The van der Waals surface area contributed by atoms with Gasteiger partial charge in [0.1, 0.15) is 0 Å². The fourth-order valence-electron chi connectivity index (χ4n) is 6.57. The third-order valence-electron chi connectivity index (χ3n) is 9.65. The first-order valence-corrected chi connectivity index (χ1v) is 21.9. The Balaban J connectivity index is 3.07. The molecule has 1 atom stereocenters. The van der Waals surface area contributed by atoms with Crippen molar-refractivity contribution < 1.29 is 13.6 Å². The van der Waals surface area contributed by atoms with Crippen molar-refractivity contribution in [1.82, 2.24) is 0 Å². The Morgan fingerprint density at radius 2 is 0.600 bits per heavy atom. The second-order valence-electron chi connectivity index (χ2n) is 14.1. The van der Waals surface area contributed by atoms with Gasteiger partial charge in [0.15, 0.2) is 0 Å². The maximum absolute atomic E-state index is 11.0. The van der Waals surface area contributed by atoms with E-state index < -0.39 is 8.25 Å². The predicted molar refractivity (Wildman–Crippen MR) is 203 cm³/mol. The quantitative estimate of drug-likeness (QED) is 0.0375. The molecule has 0 aliphatic rings. The highest BCUT2D eigenvalue weighted by Gasteiger charge is 1.98. The average molecular weight is 655 g/mol. The van der Waals surface area contributed by atoms with Crippen LogP contribution in [0.4, 0.5) is 0 Å². The van der Waals surface area contributed by atoms with Crippen LogP contribution in [-0.2, 0) is 13.6 Å². The zero-order valence-corrected chi connectivity index (χ0v) is 32.0. The van der Waals surface area contributed by atoms with Crippen molar-refractivity contribution >= 4 is 8.25 Å². The topological polar surface area (TPSA) is 35.5 Å². The number of unbranched alkanes of at least 4 members (excludes halogenated alkanes) is 36. The molecule has 1 unspecified atom stereocenters. The molecule has 0 aliphatic heterocycles. The van der Waals surface area contributed by atoms with Crippen molar-refractivity contribution in [3.63, 3.8) is 0 Å². The van der Waals surface area contributed by atoms with E-state index in [1.165, 1.54) is 245 Å². The Kier molecular flexibility index (Phi) is 41.5. The lowest BCUT2D eigenvalue weighted by Crippen LogP contribution is -1.85. The van der Waals surface area contributed by atoms with Crippen LogP contribution >= 0.6 is 8.25 Å². The Hall–Kier alpha value is -0.270. The van der Waals surface area contributed by atoms with Crippen molar-refractivity contribution in [2.45, 2.75) is 244 Å². The third kappa shape index (κ3) is 41.7. The second kappa shape index (κ2) is 41.8. The molecule has 0 aromatic carbocycles. The summed E-state index contributed by atoms with van der Waals surface area (Å²) in [5.74, 6) is 0. The Bertz CT molecular complexity index is 579. The number of hydrogen-bond donors (Lipinski definition) is 0. The van der Waals surface area contributed by atoms with Gasteiger partial charge in [-0.3, -0.25) is 0 Å². The summed E-state index contributed by atoms with van der Waals surface area (Å²) < 4.78 is 20.5. The van der Waals surface area contributed by atoms with Gasteiger partial charge in [-0.15, -0.1) is 0 Å². The fraction of sp³-hybridized carbons (Fsp3) is 0.951. The fourth-order valence-corrected chi connectivity index (χ4v) is 6.87. The van der Waals surface area contributed by atoms with E-state index in [1.807, 2.05) is 6.08 Å². The van der Waals surface area contributed by atoms with Crippen LogP contribution in [0.1, 0.15) is 244 Å². The molecule has 0 saturated carbocycles. The normalized spacial score (nSPS) is 12.4. The van der Waals surface area contributed by atoms with E-state index >= 15 is 0 Å². The molecule has 0 saturated heterocycles. The maximum atomic E-state index is 11.0. The summed E-state index contributed by atoms with van der Waals surface area (Å²) in [6, 6.07) is 0. The van der Waals surface area contributed by atoms with E-state index in [1.54, 1.807) is 0 Å². The lowest BCUT2D eigenvalue weighted by molar-refractivity contribution is 0.326. The summed E-state index contributed by atoms with van der Waals surface area (Å²) in [5.41, 5.74) is 0. The Labute approximate surface area is 285 Å². The van der Waals surface area contributed by atoms with Gasteiger partial charge in [0, 0.05) is 7.11 Å². The minimum absolute atomic E-state index is 0.999. The van der Waals surface area contributed by atoms with E-state index in [4.69, 9.17) is 4.52 Å². The molecule has 0 bridgehead atoms. The van der Waals surface area contributed by atoms with E-state index in [0.29, 0.717) is 0 Å². The first kappa shape index (κ1) is 44.7. The van der Waals surface area contributed by atoms with E-state index in [2.05, 4.69) is 11.4 Å². The molecule has 0 aromatic rings. The van der Waals surface area contributed by atoms with Gasteiger partial charge in [-0.05, 0) is 18.9 Å². The van der Waals surface area contributed by atoms with Gasteiger partial charge in [-0.25, -0.2) is 4.57 Å². The lowest BCUT2D eigenvalue weighted by Gasteiger charge is -2.05. The highest BCUT2D eigenvalue weighted by atomic mass is 31.1. The van der Waals surface area contributed by atoms with Crippen LogP contribution in [0.25, 0.3) is 0 Å². The van der Waals surface area contributed by atoms with E-state index in [-0.39, 0.29) is 0 Å². The summed E-state index contributed by atoms with van der Waals surface area (Å²) in [6.45, 7) is 2.31. The summed E-state index contributed by atoms with van der Waals surface area (Å²) in [4.78, 5) is 0. The van der Waals surface area contributed by atoms with Gasteiger partial charge < -0.3 is 9.05 Å². The average Bonchev–Trinajstić information content (AvgIpc) is 3.05. The number of rotatable bonds is 40. The van der Waals surface area contributed by atoms with Crippen LogP contribution in [0.5, 0.6) is 0 Å². The molecule has 3 nitrogen and oxygen atoms in total. The van der Waals surface area contributed by atoms with Gasteiger partial charge in [0.2, 0.25) is 0 Å². The summed E-state index contributed by atoms with van der Waals surface area (Å²) >= 11 is 0. The maximum Gasteiger partial charge on any atom is 0.366 e. The van der Waals surface area contributed by atoms with Gasteiger partial charge in [0.25, 0.3) is 0 Å². The summed E-state index contributed by atoms with van der Waals surface area (Å²) in [5, 5.41) is 0. The molecule has 0 heterocycles. The number of hydrogen-bond acceptors (Lipinski definition) is 3.